The van der Waals surface area contributed by atoms with Crippen LogP contribution >= 0.6 is 0 Å². The molecule has 0 aromatic heterocycles. The topological polar surface area (TPSA) is 79.0 Å². The minimum absolute atomic E-state index is 0.0925. The summed E-state index contributed by atoms with van der Waals surface area (Å²) >= 11 is 0. The Labute approximate surface area is 153 Å². The van der Waals surface area contributed by atoms with Gasteiger partial charge in [-0.1, -0.05) is 58.4 Å². The number of hydrogen-bond donors (Lipinski definition) is 3. The summed E-state index contributed by atoms with van der Waals surface area (Å²) in [5.41, 5.74) is 7.64. The minimum atomic E-state index is 0.0925. The zero-order chi connectivity index (χ0) is 18.9. The van der Waals surface area contributed by atoms with Gasteiger partial charge in [0.25, 0.3) is 0 Å². The van der Waals surface area contributed by atoms with Gasteiger partial charge >= 0.3 is 0 Å². The minimum Gasteiger partial charge on any atom is -0.384 e. The standard InChI is InChI=1S/C21H35N3O/c1-5-16(14-21(2,3)4)13-19(25)7-6-12-24-15-17-8-10-18(11-9-17)20(22)23/h8-11,16,24H,5-7,12-15H2,1-4H3,(H3,22,23). The summed E-state index contributed by atoms with van der Waals surface area (Å²) in [6.45, 7) is 10.5. The normalized spacial score (nSPS) is 12.8. The molecular weight excluding hydrogens is 310 g/mol. The van der Waals surface area contributed by atoms with E-state index in [1.165, 1.54) is 0 Å². The first-order valence-corrected chi connectivity index (χ1v) is 9.37. The van der Waals surface area contributed by atoms with Crippen LogP contribution in [0.3, 0.4) is 0 Å². The van der Waals surface area contributed by atoms with E-state index >= 15 is 0 Å². The highest BCUT2D eigenvalue weighted by Crippen LogP contribution is 2.28. The van der Waals surface area contributed by atoms with Crippen LogP contribution in [-0.4, -0.2) is 18.2 Å². The highest BCUT2D eigenvalue weighted by atomic mass is 16.1. The molecule has 140 valence electrons. The molecule has 1 unspecified atom stereocenters. The van der Waals surface area contributed by atoms with E-state index in [2.05, 4.69) is 33.0 Å². The lowest BCUT2D eigenvalue weighted by Gasteiger charge is -2.24. The Morgan fingerprint density at radius 3 is 2.40 bits per heavy atom. The molecule has 0 amide bonds. The van der Waals surface area contributed by atoms with E-state index < -0.39 is 0 Å². The van der Waals surface area contributed by atoms with E-state index in [0.717, 1.165) is 49.9 Å². The van der Waals surface area contributed by atoms with E-state index in [-0.39, 0.29) is 5.84 Å². The third-order valence-electron chi connectivity index (χ3n) is 4.40. The summed E-state index contributed by atoms with van der Waals surface area (Å²) in [5.74, 6) is 0.999. The van der Waals surface area contributed by atoms with Crippen molar-refractivity contribution in [1.29, 1.82) is 5.41 Å². The van der Waals surface area contributed by atoms with Gasteiger partial charge in [-0.15, -0.1) is 0 Å². The van der Waals surface area contributed by atoms with E-state index in [1.54, 1.807) is 0 Å². The number of nitrogen functional groups attached to an aromatic ring is 1. The van der Waals surface area contributed by atoms with Gasteiger partial charge in [-0.25, -0.2) is 0 Å². The van der Waals surface area contributed by atoms with Crippen molar-refractivity contribution in [3.63, 3.8) is 0 Å². The number of benzene rings is 1. The molecule has 1 atom stereocenters. The Morgan fingerprint density at radius 1 is 1.24 bits per heavy atom. The molecule has 25 heavy (non-hydrogen) atoms. The number of Topliss-reactive ketones (excluding diaryl/α,β-unsaturated/α-hetero) is 1. The fourth-order valence-electron chi connectivity index (χ4n) is 3.10. The van der Waals surface area contributed by atoms with Gasteiger partial charge in [0.2, 0.25) is 0 Å². The summed E-state index contributed by atoms with van der Waals surface area (Å²) < 4.78 is 0. The third-order valence-corrected chi connectivity index (χ3v) is 4.40. The summed E-state index contributed by atoms with van der Waals surface area (Å²) in [6, 6.07) is 7.69. The molecule has 0 radical (unpaired) electrons. The Bertz CT molecular complexity index is 543. The van der Waals surface area contributed by atoms with Crippen molar-refractivity contribution < 1.29 is 4.79 Å². The first-order chi connectivity index (χ1) is 11.7. The fraction of sp³-hybridized carbons (Fsp3) is 0.619. The van der Waals surface area contributed by atoms with Crippen LogP contribution in [0.4, 0.5) is 0 Å². The molecule has 1 rings (SSSR count). The average molecular weight is 346 g/mol. The molecule has 0 aliphatic rings. The lowest BCUT2D eigenvalue weighted by Crippen LogP contribution is -2.18. The number of ketones is 1. The van der Waals surface area contributed by atoms with Crippen LogP contribution in [-0.2, 0) is 11.3 Å². The molecule has 4 N–H and O–H groups in total. The van der Waals surface area contributed by atoms with Gasteiger partial charge < -0.3 is 11.1 Å². The summed E-state index contributed by atoms with van der Waals surface area (Å²) in [5, 5.41) is 10.8. The van der Waals surface area contributed by atoms with E-state index in [1.807, 2.05) is 24.3 Å². The predicted octanol–water partition coefficient (Wildman–Crippen LogP) is 4.26. The van der Waals surface area contributed by atoms with Crippen molar-refractivity contribution in [2.75, 3.05) is 6.54 Å². The highest BCUT2D eigenvalue weighted by Gasteiger charge is 2.19. The maximum Gasteiger partial charge on any atom is 0.133 e. The van der Waals surface area contributed by atoms with Crippen LogP contribution in [0.15, 0.2) is 24.3 Å². The molecule has 0 bridgehead atoms. The van der Waals surface area contributed by atoms with Gasteiger partial charge in [-0.2, -0.15) is 0 Å². The number of carbonyl (C=O) groups is 1. The number of carbonyl (C=O) groups excluding carboxylic acids is 1. The first-order valence-electron chi connectivity index (χ1n) is 9.37. The highest BCUT2D eigenvalue weighted by molar-refractivity contribution is 5.94. The molecule has 4 heteroatoms. The van der Waals surface area contributed by atoms with Crippen molar-refractivity contribution in [1.82, 2.24) is 5.32 Å². The monoisotopic (exact) mass is 345 g/mol. The van der Waals surface area contributed by atoms with Crippen molar-refractivity contribution in [2.45, 2.75) is 66.3 Å². The van der Waals surface area contributed by atoms with Crippen molar-refractivity contribution in [3.05, 3.63) is 35.4 Å². The van der Waals surface area contributed by atoms with Crippen LogP contribution in [0.2, 0.25) is 0 Å². The zero-order valence-electron chi connectivity index (χ0n) is 16.3. The molecule has 0 fully saturated rings. The molecule has 0 saturated carbocycles. The molecule has 0 saturated heterocycles. The second-order valence-electron chi connectivity index (χ2n) is 8.17. The zero-order valence-corrected chi connectivity index (χ0v) is 16.3. The van der Waals surface area contributed by atoms with Crippen LogP contribution in [0.5, 0.6) is 0 Å². The van der Waals surface area contributed by atoms with Crippen LogP contribution in [0.1, 0.15) is 70.9 Å². The molecule has 4 nitrogen and oxygen atoms in total. The Kier molecular flexibility index (Phi) is 8.84. The van der Waals surface area contributed by atoms with Crippen molar-refractivity contribution in [3.8, 4) is 0 Å². The molecule has 0 aliphatic carbocycles. The maximum atomic E-state index is 12.2. The van der Waals surface area contributed by atoms with Gasteiger partial charge in [0.15, 0.2) is 0 Å². The van der Waals surface area contributed by atoms with Gasteiger partial charge in [0.1, 0.15) is 11.6 Å². The Morgan fingerprint density at radius 2 is 1.88 bits per heavy atom. The van der Waals surface area contributed by atoms with Crippen LogP contribution < -0.4 is 11.1 Å². The molecule has 0 heterocycles. The molecule has 0 spiro atoms. The molecular formula is C21H35N3O. The number of amidine groups is 1. The van der Waals surface area contributed by atoms with E-state index in [4.69, 9.17) is 11.1 Å². The summed E-state index contributed by atoms with van der Waals surface area (Å²) in [4.78, 5) is 12.2. The first kappa shape index (κ1) is 21.4. The smallest absolute Gasteiger partial charge is 0.133 e. The van der Waals surface area contributed by atoms with Gasteiger partial charge in [-0.3, -0.25) is 10.2 Å². The Hall–Kier alpha value is -1.68. The van der Waals surface area contributed by atoms with Gasteiger partial charge in [-0.05, 0) is 36.3 Å². The Balaban J connectivity index is 2.22. The maximum absolute atomic E-state index is 12.2. The lowest BCUT2D eigenvalue weighted by molar-refractivity contribution is -0.120. The second kappa shape index (κ2) is 10.3. The number of hydrogen-bond acceptors (Lipinski definition) is 3. The summed E-state index contributed by atoms with van der Waals surface area (Å²) in [7, 11) is 0. The van der Waals surface area contributed by atoms with Crippen molar-refractivity contribution in [2.24, 2.45) is 17.1 Å². The quantitative estimate of drug-likeness (QED) is 0.318. The predicted molar refractivity (Wildman–Crippen MR) is 106 cm³/mol. The van der Waals surface area contributed by atoms with Gasteiger partial charge in [0, 0.05) is 24.9 Å². The van der Waals surface area contributed by atoms with Crippen LogP contribution in [0.25, 0.3) is 0 Å². The number of rotatable bonds is 11. The molecule has 0 aliphatic heterocycles. The van der Waals surface area contributed by atoms with Crippen LogP contribution in [0, 0.1) is 16.7 Å². The largest absolute Gasteiger partial charge is 0.384 e. The molecule has 1 aromatic carbocycles. The average Bonchev–Trinajstić information content (AvgIpc) is 2.53. The summed E-state index contributed by atoms with van der Waals surface area (Å²) in [6.07, 6.45) is 4.47. The van der Waals surface area contributed by atoms with Gasteiger partial charge in [0.05, 0.1) is 0 Å². The second-order valence-corrected chi connectivity index (χ2v) is 8.17. The number of nitrogens with two attached hydrogens (primary N) is 1. The molecule has 1 aromatic rings. The lowest BCUT2D eigenvalue weighted by atomic mass is 9.81. The third kappa shape index (κ3) is 9.40. The fourth-order valence-corrected chi connectivity index (χ4v) is 3.10. The number of nitrogens with one attached hydrogen (secondary N) is 2. The van der Waals surface area contributed by atoms with Crippen molar-refractivity contribution >= 4 is 11.6 Å². The SMILES string of the molecule is CCC(CC(=O)CCCNCc1ccc(C(=N)N)cc1)CC(C)(C)C. The van der Waals surface area contributed by atoms with E-state index in [9.17, 15) is 4.79 Å². The van der Waals surface area contributed by atoms with E-state index in [0.29, 0.717) is 23.5 Å².